The van der Waals surface area contributed by atoms with Crippen LogP contribution >= 0.6 is 11.3 Å². The van der Waals surface area contributed by atoms with E-state index >= 15 is 0 Å². The van der Waals surface area contributed by atoms with E-state index < -0.39 is 0 Å². The summed E-state index contributed by atoms with van der Waals surface area (Å²) in [6.45, 7) is 7.42. The molecule has 18 heavy (non-hydrogen) atoms. The van der Waals surface area contributed by atoms with Crippen LogP contribution in [-0.4, -0.2) is 10.4 Å². The van der Waals surface area contributed by atoms with E-state index in [4.69, 9.17) is 5.26 Å². The van der Waals surface area contributed by atoms with Gasteiger partial charge in [0.25, 0.3) is 0 Å². The number of Topliss-reactive ketones (excluding diaryl/α,β-unsaturated/α-hetero) is 1. The van der Waals surface area contributed by atoms with Crippen molar-refractivity contribution in [1.82, 2.24) is 4.57 Å². The Labute approximate surface area is 110 Å². The third kappa shape index (κ3) is 1.87. The summed E-state index contributed by atoms with van der Waals surface area (Å²) in [7, 11) is 0. The maximum absolute atomic E-state index is 11.5. The Bertz CT molecular complexity index is 671. The van der Waals surface area contributed by atoms with Gasteiger partial charge in [-0.2, -0.15) is 5.26 Å². The lowest BCUT2D eigenvalue weighted by Crippen LogP contribution is -2.00. The highest BCUT2D eigenvalue weighted by Gasteiger charge is 2.17. The molecule has 0 bridgehead atoms. The predicted molar refractivity (Wildman–Crippen MR) is 72.6 cm³/mol. The van der Waals surface area contributed by atoms with E-state index in [1.165, 1.54) is 0 Å². The number of thiophene rings is 1. The van der Waals surface area contributed by atoms with Crippen molar-refractivity contribution in [3.8, 4) is 11.1 Å². The lowest BCUT2D eigenvalue weighted by molar-refractivity contribution is 0.101. The number of aromatic nitrogens is 1. The first-order chi connectivity index (χ1) is 8.45. The molecule has 3 nitrogen and oxygen atoms in total. The van der Waals surface area contributed by atoms with Crippen LogP contribution in [0.4, 0.5) is 0 Å². The van der Waals surface area contributed by atoms with Gasteiger partial charge in [-0.25, -0.2) is 0 Å². The molecule has 2 rings (SSSR count). The number of nitriles is 1. The van der Waals surface area contributed by atoms with E-state index in [0.29, 0.717) is 5.56 Å². The summed E-state index contributed by atoms with van der Waals surface area (Å²) < 4.78 is 1.99. The zero-order valence-electron chi connectivity index (χ0n) is 10.9. The average molecular weight is 258 g/mol. The van der Waals surface area contributed by atoms with Crippen LogP contribution in [-0.2, 0) is 0 Å². The van der Waals surface area contributed by atoms with Crippen LogP contribution in [0.3, 0.4) is 0 Å². The molecule has 92 valence electrons. The third-order valence-electron chi connectivity index (χ3n) is 2.97. The standard InChI is InChI=1S/C14H14N2OS/c1-8-5-13(11(4)17)10(3)16(8)14-12(7-15)6-9(2)18-14/h5-6H,1-4H3. The quantitative estimate of drug-likeness (QED) is 0.773. The Morgan fingerprint density at radius 2 is 2.00 bits per heavy atom. The van der Waals surface area contributed by atoms with Gasteiger partial charge in [-0.3, -0.25) is 4.79 Å². The van der Waals surface area contributed by atoms with Crippen molar-refractivity contribution in [2.75, 3.05) is 0 Å². The summed E-state index contributed by atoms with van der Waals surface area (Å²) in [4.78, 5) is 12.6. The lowest BCUT2D eigenvalue weighted by atomic mass is 10.2. The number of carbonyl (C=O) groups is 1. The van der Waals surface area contributed by atoms with E-state index in [-0.39, 0.29) is 5.78 Å². The normalized spacial score (nSPS) is 10.4. The summed E-state index contributed by atoms with van der Waals surface area (Å²) in [5, 5.41) is 10.1. The van der Waals surface area contributed by atoms with E-state index in [2.05, 4.69) is 6.07 Å². The van der Waals surface area contributed by atoms with Gasteiger partial charge in [0.1, 0.15) is 11.1 Å². The van der Waals surface area contributed by atoms with Crippen LogP contribution < -0.4 is 0 Å². The van der Waals surface area contributed by atoms with Crippen LogP contribution in [0, 0.1) is 32.1 Å². The molecule has 0 spiro atoms. The summed E-state index contributed by atoms with van der Waals surface area (Å²) >= 11 is 1.57. The molecule has 4 heteroatoms. The summed E-state index contributed by atoms with van der Waals surface area (Å²) in [5.41, 5.74) is 3.27. The van der Waals surface area contributed by atoms with Gasteiger partial charge in [0, 0.05) is 21.8 Å². The summed E-state index contributed by atoms with van der Waals surface area (Å²) in [6, 6.07) is 5.98. The molecule has 0 fully saturated rings. The number of rotatable bonds is 2. The molecule has 0 aromatic carbocycles. The fourth-order valence-corrected chi connectivity index (χ4v) is 3.25. The maximum atomic E-state index is 11.5. The zero-order chi connectivity index (χ0) is 13.4. The zero-order valence-corrected chi connectivity index (χ0v) is 11.7. The Morgan fingerprint density at radius 3 is 2.50 bits per heavy atom. The molecular weight excluding hydrogens is 244 g/mol. The van der Waals surface area contributed by atoms with Crippen LogP contribution in [0.2, 0.25) is 0 Å². The topological polar surface area (TPSA) is 45.8 Å². The van der Waals surface area contributed by atoms with Gasteiger partial charge in [-0.05, 0) is 39.8 Å². The SMILES string of the molecule is CC(=O)c1cc(C)n(-c2sc(C)cc2C#N)c1C. The van der Waals surface area contributed by atoms with E-state index in [9.17, 15) is 4.79 Å². The number of carbonyl (C=O) groups excluding carboxylic acids is 1. The van der Waals surface area contributed by atoms with Gasteiger partial charge in [0.05, 0.1) is 5.56 Å². The number of nitrogens with zero attached hydrogens (tertiary/aromatic N) is 2. The number of aryl methyl sites for hydroxylation is 2. The van der Waals surface area contributed by atoms with Crippen molar-refractivity contribution in [1.29, 1.82) is 5.26 Å². The van der Waals surface area contributed by atoms with Crippen LogP contribution in [0.15, 0.2) is 12.1 Å². The smallest absolute Gasteiger partial charge is 0.161 e. The molecule has 0 saturated carbocycles. The maximum Gasteiger partial charge on any atom is 0.161 e. The van der Waals surface area contributed by atoms with Gasteiger partial charge < -0.3 is 4.57 Å². The molecule has 0 atom stereocenters. The molecule has 2 heterocycles. The van der Waals surface area contributed by atoms with Crippen molar-refractivity contribution < 1.29 is 4.79 Å². The van der Waals surface area contributed by atoms with Gasteiger partial charge in [0.15, 0.2) is 5.78 Å². The molecule has 0 aliphatic rings. The van der Waals surface area contributed by atoms with Gasteiger partial charge in [-0.15, -0.1) is 11.3 Å². The van der Waals surface area contributed by atoms with E-state index in [1.807, 2.05) is 37.5 Å². The van der Waals surface area contributed by atoms with Crippen molar-refractivity contribution in [2.24, 2.45) is 0 Å². The van der Waals surface area contributed by atoms with Gasteiger partial charge in [-0.1, -0.05) is 0 Å². The van der Waals surface area contributed by atoms with Crippen LogP contribution in [0.25, 0.3) is 5.00 Å². The summed E-state index contributed by atoms with van der Waals surface area (Å²) in [5.74, 6) is 0.0566. The van der Waals surface area contributed by atoms with Crippen LogP contribution in [0.1, 0.15) is 39.1 Å². The molecule has 0 aliphatic heterocycles. The van der Waals surface area contributed by atoms with Crippen molar-refractivity contribution in [3.63, 3.8) is 0 Å². The molecular formula is C14H14N2OS. The minimum absolute atomic E-state index is 0.0566. The molecule has 0 N–H and O–H groups in total. The van der Waals surface area contributed by atoms with Crippen LogP contribution in [0.5, 0.6) is 0 Å². The van der Waals surface area contributed by atoms with Gasteiger partial charge >= 0.3 is 0 Å². The van der Waals surface area contributed by atoms with Crippen molar-refractivity contribution >= 4 is 17.1 Å². The minimum Gasteiger partial charge on any atom is -0.308 e. The molecule has 0 saturated heterocycles. The summed E-state index contributed by atoms with van der Waals surface area (Å²) in [6.07, 6.45) is 0. The molecule has 0 aliphatic carbocycles. The molecule has 2 aromatic heterocycles. The Morgan fingerprint density at radius 1 is 1.33 bits per heavy atom. The second kappa shape index (κ2) is 4.43. The number of hydrogen-bond donors (Lipinski definition) is 0. The van der Waals surface area contributed by atoms with Crippen molar-refractivity contribution in [3.05, 3.63) is 39.5 Å². The first-order valence-corrected chi connectivity index (χ1v) is 6.48. The molecule has 0 unspecified atom stereocenters. The van der Waals surface area contributed by atoms with Crippen molar-refractivity contribution in [2.45, 2.75) is 27.7 Å². The second-order valence-corrected chi connectivity index (χ2v) is 5.60. The van der Waals surface area contributed by atoms with E-state index in [0.717, 1.165) is 26.8 Å². The number of ketones is 1. The third-order valence-corrected chi connectivity index (χ3v) is 4.01. The van der Waals surface area contributed by atoms with Gasteiger partial charge in [0.2, 0.25) is 0 Å². The first-order valence-electron chi connectivity index (χ1n) is 5.66. The highest BCUT2D eigenvalue weighted by molar-refractivity contribution is 7.14. The predicted octanol–water partition coefficient (Wildman–Crippen LogP) is 3.54. The Hall–Kier alpha value is -1.86. The van der Waals surface area contributed by atoms with E-state index in [1.54, 1.807) is 18.3 Å². The first kappa shape index (κ1) is 12.6. The Balaban J connectivity index is 2.72. The molecule has 2 aromatic rings. The average Bonchev–Trinajstić information content (AvgIpc) is 2.79. The largest absolute Gasteiger partial charge is 0.308 e. The molecule has 0 amide bonds. The Kier molecular flexibility index (Phi) is 3.10. The number of hydrogen-bond acceptors (Lipinski definition) is 3. The minimum atomic E-state index is 0.0566. The monoisotopic (exact) mass is 258 g/mol. The molecule has 0 radical (unpaired) electrons. The lowest BCUT2D eigenvalue weighted by Gasteiger charge is -2.07. The highest BCUT2D eigenvalue weighted by atomic mass is 32.1. The fourth-order valence-electron chi connectivity index (χ4n) is 2.18. The fraction of sp³-hybridized carbons (Fsp3) is 0.286. The second-order valence-electron chi connectivity index (χ2n) is 4.36. The highest BCUT2D eigenvalue weighted by Crippen LogP contribution is 2.30.